The van der Waals surface area contributed by atoms with Crippen molar-refractivity contribution in [1.29, 1.82) is 0 Å². The number of allylic oxidation sites excluding steroid dienone is 2. The van der Waals surface area contributed by atoms with E-state index in [-0.39, 0.29) is 54.3 Å². The van der Waals surface area contributed by atoms with Crippen molar-refractivity contribution in [2.45, 2.75) is 147 Å². The smallest absolute Gasteiger partial charge is 0.338 e. The fourth-order valence-electron chi connectivity index (χ4n) is 7.13. The highest BCUT2D eigenvalue weighted by atomic mass is 35.5. The Hall–Kier alpha value is -2.35. The third-order valence-electron chi connectivity index (χ3n) is 10.6. The van der Waals surface area contributed by atoms with Crippen LogP contribution in [0.5, 0.6) is 5.75 Å². The van der Waals surface area contributed by atoms with Crippen LogP contribution in [-0.2, 0) is 14.3 Å². The van der Waals surface area contributed by atoms with Crippen LogP contribution in [0.1, 0.15) is 140 Å². The predicted molar refractivity (Wildman–Crippen MR) is 197 cm³/mol. The van der Waals surface area contributed by atoms with E-state index in [1.807, 2.05) is 6.08 Å². The van der Waals surface area contributed by atoms with Crippen LogP contribution in [-0.4, -0.2) is 59.6 Å². The molecule has 49 heavy (non-hydrogen) atoms. The molecule has 7 nitrogen and oxygen atoms in total. The second kappa shape index (κ2) is 23.2. The number of aliphatic hydroxyl groups is 2. The molecule has 2 aliphatic carbocycles. The van der Waals surface area contributed by atoms with Gasteiger partial charge in [-0.15, -0.1) is 11.6 Å². The molecule has 5 atom stereocenters. The molecule has 2 aliphatic rings. The average molecular weight is 703 g/mol. The topological polar surface area (TPSA) is 102 Å². The molecule has 8 heteroatoms. The SMILES string of the molecule is CCCCCCCCCCOc1ccc(C(=O)OCCOC(=O)CCCC=CC[C@@H]2[C@@H](C=CC[C@H](O)C3(CC)CCC3)[C@H](O)C[C@H]2Cl)cc1. The van der Waals surface area contributed by atoms with Crippen molar-refractivity contribution in [2.24, 2.45) is 17.3 Å². The number of halogens is 1. The third kappa shape index (κ3) is 14.4. The van der Waals surface area contributed by atoms with Crippen LogP contribution in [0.15, 0.2) is 48.6 Å². The molecule has 0 unspecified atom stereocenters. The monoisotopic (exact) mass is 702 g/mol. The largest absolute Gasteiger partial charge is 0.494 e. The number of benzene rings is 1. The molecule has 2 N–H and O–H groups in total. The highest BCUT2D eigenvalue weighted by Crippen LogP contribution is 2.48. The first-order valence-electron chi connectivity index (χ1n) is 19.2. The highest BCUT2D eigenvalue weighted by molar-refractivity contribution is 6.21. The summed E-state index contributed by atoms with van der Waals surface area (Å²) < 4.78 is 16.3. The maximum atomic E-state index is 12.3. The van der Waals surface area contributed by atoms with E-state index in [1.165, 1.54) is 51.4 Å². The molecule has 0 saturated heterocycles. The molecule has 0 spiro atoms. The Bertz CT molecular complexity index is 1120. The van der Waals surface area contributed by atoms with Gasteiger partial charge in [-0.05, 0) is 93.4 Å². The number of hydrogen-bond acceptors (Lipinski definition) is 7. The van der Waals surface area contributed by atoms with Gasteiger partial charge in [-0.1, -0.05) is 89.5 Å². The zero-order valence-electron chi connectivity index (χ0n) is 30.2. The molecular formula is C41H63ClO7. The van der Waals surface area contributed by atoms with Crippen LogP contribution in [0.25, 0.3) is 0 Å². The Morgan fingerprint density at radius 1 is 0.918 bits per heavy atom. The molecule has 1 aromatic carbocycles. The Morgan fingerprint density at radius 2 is 1.61 bits per heavy atom. The lowest BCUT2D eigenvalue weighted by Gasteiger charge is -2.45. The van der Waals surface area contributed by atoms with Gasteiger partial charge in [0.25, 0.3) is 0 Å². The summed E-state index contributed by atoms with van der Waals surface area (Å²) in [6.07, 6.45) is 25.5. The average Bonchev–Trinajstić information content (AvgIpc) is 3.34. The van der Waals surface area contributed by atoms with Crippen LogP contribution < -0.4 is 4.74 Å². The number of carbonyl (C=O) groups excluding carboxylic acids is 2. The van der Waals surface area contributed by atoms with E-state index in [9.17, 15) is 19.8 Å². The van der Waals surface area contributed by atoms with Crippen molar-refractivity contribution in [3.05, 3.63) is 54.1 Å². The highest BCUT2D eigenvalue weighted by Gasteiger charge is 2.42. The van der Waals surface area contributed by atoms with Crippen molar-refractivity contribution in [3.63, 3.8) is 0 Å². The standard InChI is InChI=1S/C41H63ClO7/c1-3-5-6-7-8-9-12-15-28-47-33-24-22-32(23-25-33)40(46)49-30-29-48-39(45)21-14-11-10-13-18-34-35(37(43)31-36(34)42)19-16-20-38(44)41(4-2)26-17-27-41/h10,13,16,19,22-25,34-38,43-44H,3-9,11-12,14-15,17-18,20-21,26-31H2,1-2H3/t34-,35-,36-,37-,38+/m1/s1. The zero-order valence-corrected chi connectivity index (χ0v) is 30.9. The van der Waals surface area contributed by atoms with Gasteiger partial charge < -0.3 is 24.4 Å². The zero-order chi connectivity index (χ0) is 35.3. The number of rotatable bonds is 25. The van der Waals surface area contributed by atoms with Gasteiger partial charge in [0, 0.05) is 17.7 Å². The van der Waals surface area contributed by atoms with Gasteiger partial charge in [-0.25, -0.2) is 4.79 Å². The summed E-state index contributed by atoms with van der Waals surface area (Å²) in [6, 6.07) is 6.93. The lowest BCUT2D eigenvalue weighted by Crippen LogP contribution is -2.40. The Balaban J connectivity index is 1.22. The molecule has 2 saturated carbocycles. The van der Waals surface area contributed by atoms with Crippen LogP contribution in [0.3, 0.4) is 0 Å². The summed E-state index contributed by atoms with van der Waals surface area (Å²) in [5.41, 5.74) is 0.505. The molecule has 0 bridgehead atoms. The predicted octanol–water partition coefficient (Wildman–Crippen LogP) is 9.51. The number of unbranched alkanes of at least 4 members (excludes halogenated alkanes) is 8. The number of hydrogen-bond donors (Lipinski definition) is 2. The maximum absolute atomic E-state index is 12.3. The van der Waals surface area contributed by atoms with E-state index in [4.69, 9.17) is 25.8 Å². The quantitative estimate of drug-likeness (QED) is 0.0453. The molecule has 276 valence electrons. The third-order valence-corrected chi connectivity index (χ3v) is 11.1. The molecule has 1 aromatic rings. The number of ether oxygens (including phenoxy) is 3. The van der Waals surface area contributed by atoms with Gasteiger partial charge in [-0.3, -0.25) is 4.79 Å². The van der Waals surface area contributed by atoms with E-state index in [0.29, 0.717) is 31.4 Å². The summed E-state index contributed by atoms with van der Waals surface area (Å²) in [4.78, 5) is 24.5. The number of alkyl halides is 1. The second-order valence-electron chi connectivity index (χ2n) is 14.1. The number of carbonyl (C=O) groups is 2. The fourth-order valence-corrected chi connectivity index (χ4v) is 7.58. The van der Waals surface area contributed by atoms with E-state index in [1.54, 1.807) is 24.3 Å². The molecule has 0 aliphatic heterocycles. The lowest BCUT2D eigenvalue weighted by atomic mass is 9.63. The molecule has 0 aromatic heterocycles. The van der Waals surface area contributed by atoms with Crippen molar-refractivity contribution in [1.82, 2.24) is 0 Å². The lowest BCUT2D eigenvalue weighted by molar-refractivity contribution is -0.144. The number of aliphatic hydroxyl groups excluding tert-OH is 2. The van der Waals surface area contributed by atoms with Crippen molar-refractivity contribution >= 4 is 23.5 Å². The van der Waals surface area contributed by atoms with Gasteiger partial charge in [-0.2, -0.15) is 0 Å². The molecular weight excluding hydrogens is 640 g/mol. The second-order valence-corrected chi connectivity index (χ2v) is 14.7. The molecule has 0 heterocycles. The van der Waals surface area contributed by atoms with E-state index < -0.39 is 12.1 Å². The van der Waals surface area contributed by atoms with Gasteiger partial charge in [0.2, 0.25) is 0 Å². The summed E-state index contributed by atoms with van der Waals surface area (Å²) >= 11 is 6.61. The van der Waals surface area contributed by atoms with Crippen molar-refractivity contribution < 1.29 is 34.0 Å². The normalized spacial score (nSPS) is 22.3. The summed E-state index contributed by atoms with van der Waals surface area (Å²) in [6.45, 7) is 5.09. The van der Waals surface area contributed by atoms with Gasteiger partial charge in [0.05, 0.1) is 24.4 Å². The molecule has 0 amide bonds. The maximum Gasteiger partial charge on any atom is 0.338 e. The summed E-state index contributed by atoms with van der Waals surface area (Å²) in [5.74, 6) is 0.0695. The minimum absolute atomic E-state index is 0.00204. The van der Waals surface area contributed by atoms with Crippen molar-refractivity contribution in [2.75, 3.05) is 19.8 Å². The minimum atomic E-state index is -0.471. The van der Waals surface area contributed by atoms with Crippen LogP contribution in [0, 0.1) is 17.3 Å². The Kier molecular flexibility index (Phi) is 19.4. The van der Waals surface area contributed by atoms with E-state index in [0.717, 1.165) is 44.3 Å². The summed E-state index contributed by atoms with van der Waals surface area (Å²) in [7, 11) is 0. The van der Waals surface area contributed by atoms with E-state index in [2.05, 4.69) is 32.1 Å². The first-order valence-corrected chi connectivity index (χ1v) is 19.6. The summed E-state index contributed by atoms with van der Waals surface area (Å²) in [5, 5.41) is 21.2. The van der Waals surface area contributed by atoms with Crippen LogP contribution >= 0.6 is 11.6 Å². The van der Waals surface area contributed by atoms with Gasteiger partial charge in [0.15, 0.2) is 0 Å². The van der Waals surface area contributed by atoms with Crippen LogP contribution in [0.2, 0.25) is 0 Å². The van der Waals surface area contributed by atoms with Gasteiger partial charge in [0.1, 0.15) is 19.0 Å². The molecule has 0 radical (unpaired) electrons. The molecule has 2 fully saturated rings. The van der Waals surface area contributed by atoms with Gasteiger partial charge >= 0.3 is 11.9 Å². The first-order chi connectivity index (χ1) is 23.8. The molecule has 3 rings (SSSR count). The Labute approximate surface area is 300 Å². The minimum Gasteiger partial charge on any atom is -0.494 e. The Morgan fingerprint density at radius 3 is 2.29 bits per heavy atom. The van der Waals surface area contributed by atoms with Crippen LogP contribution in [0.4, 0.5) is 0 Å². The first kappa shape index (κ1) is 41.1. The van der Waals surface area contributed by atoms with Crippen molar-refractivity contribution in [3.8, 4) is 5.75 Å². The fraction of sp³-hybridized carbons (Fsp3) is 0.707. The van der Waals surface area contributed by atoms with E-state index >= 15 is 0 Å². The number of esters is 2.